The van der Waals surface area contributed by atoms with Gasteiger partial charge in [-0.05, 0) is 44.0 Å². The summed E-state index contributed by atoms with van der Waals surface area (Å²) in [5, 5.41) is 12.7. The molecule has 28 heavy (non-hydrogen) atoms. The third kappa shape index (κ3) is 5.47. The number of nitrogens with zero attached hydrogens (tertiary/aromatic N) is 3. The highest BCUT2D eigenvalue weighted by atomic mass is 35.5. The number of ether oxygens (including phenoxy) is 2. The average Bonchev–Trinajstić information content (AvgIpc) is 3.34. The lowest BCUT2D eigenvalue weighted by molar-refractivity contribution is -0.120. The van der Waals surface area contributed by atoms with E-state index >= 15 is 0 Å². The number of thioether (sulfide) groups is 1. The Balaban J connectivity index is 1.79. The van der Waals surface area contributed by atoms with E-state index in [4.69, 9.17) is 21.1 Å². The number of benzene rings is 1. The first-order valence-electron chi connectivity index (χ1n) is 9.32. The van der Waals surface area contributed by atoms with E-state index in [-0.39, 0.29) is 17.3 Å². The van der Waals surface area contributed by atoms with Gasteiger partial charge in [-0.15, -0.1) is 10.2 Å². The zero-order valence-corrected chi connectivity index (χ0v) is 17.6. The molecular weight excluding hydrogens is 400 g/mol. The summed E-state index contributed by atoms with van der Waals surface area (Å²) >= 11 is 7.41. The molecule has 1 aliphatic heterocycles. The summed E-state index contributed by atoms with van der Waals surface area (Å²) < 4.78 is 12.8. The summed E-state index contributed by atoms with van der Waals surface area (Å²) in [5.74, 6) is 0.698. The molecule has 1 aliphatic rings. The average molecular weight is 425 g/mol. The van der Waals surface area contributed by atoms with E-state index in [1.165, 1.54) is 11.8 Å². The Morgan fingerprint density at radius 3 is 2.89 bits per heavy atom. The lowest BCUT2D eigenvalue weighted by atomic mass is 10.2. The van der Waals surface area contributed by atoms with Gasteiger partial charge in [-0.2, -0.15) is 0 Å². The molecule has 9 heteroatoms. The van der Waals surface area contributed by atoms with Crippen LogP contribution in [-0.4, -0.2) is 58.9 Å². The van der Waals surface area contributed by atoms with Gasteiger partial charge in [0.2, 0.25) is 5.91 Å². The van der Waals surface area contributed by atoms with Crippen molar-refractivity contribution in [2.75, 3.05) is 26.9 Å². The standard InChI is InChI=1S/C19H25ClN4O3S/c1-13(18(25)21-9-11-26-2)28-19-23-22-17(14-5-7-15(20)8-6-14)24(19)12-16-4-3-10-27-16/h5-8,13,16H,3-4,9-12H2,1-2H3,(H,21,25)/t13-,16+/m1/s1. The summed E-state index contributed by atoms with van der Waals surface area (Å²) in [7, 11) is 1.61. The molecule has 1 fully saturated rings. The highest BCUT2D eigenvalue weighted by molar-refractivity contribution is 8.00. The first kappa shape index (κ1) is 21.1. The van der Waals surface area contributed by atoms with Gasteiger partial charge < -0.3 is 14.8 Å². The van der Waals surface area contributed by atoms with E-state index in [0.29, 0.717) is 29.9 Å². The van der Waals surface area contributed by atoms with Crippen LogP contribution in [0, 0.1) is 0 Å². The molecule has 7 nitrogen and oxygen atoms in total. The number of aromatic nitrogens is 3. The second-order valence-corrected chi connectivity index (χ2v) is 8.35. The van der Waals surface area contributed by atoms with Gasteiger partial charge in [-0.3, -0.25) is 9.36 Å². The molecule has 152 valence electrons. The number of halogens is 1. The van der Waals surface area contributed by atoms with Crippen molar-refractivity contribution in [1.29, 1.82) is 0 Å². The van der Waals surface area contributed by atoms with Crippen molar-refractivity contribution in [3.8, 4) is 11.4 Å². The molecule has 0 saturated carbocycles. The molecule has 0 radical (unpaired) electrons. The van der Waals surface area contributed by atoms with Crippen LogP contribution in [0.5, 0.6) is 0 Å². The fourth-order valence-corrected chi connectivity index (χ4v) is 3.99. The predicted octanol–water partition coefficient (Wildman–Crippen LogP) is 3.02. The molecule has 2 aromatic rings. The van der Waals surface area contributed by atoms with Crippen LogP contribution >= 0.6 is 23.4 Å². The van der Waals surface area contributed by atoms with Gasteiger partial charge in [0.05, 0.1) is 24.5 Å². The Bertz CT molecular complexity index is 778. The normalized spacial score (nSPS) is 17.6. The van der Waals surface area contributed by atoms with Gasteiger partial charge in [-0.25, -0.2) is 0 Å². The largest absolute Gasteiger partial charge is 0.383 e. The van der Waals surface area contributed by atoms with Gasteiger partial charge in [-0.1, -0.05) is 23.4 Å². The van der Waals surface area contributed by atoms with Crippen LogP contribution in [0.3, 0.4) is 0 Å². The zero-order valence-electron chi connectivity index (χ0n) is 16.1. The topological polar surface area (TPSA) is 78.3 Å². The number of nitrogens with one attached hydrogen (secondary N) is 1. The van der Waals surface area contributed by atoms with E-state index in [1.54, 1.807) is 7.11 Å². The molecule has 2 heterocycles. The Kier molecular flexibility index (Phi) is 7.73. The van der Waals surface area contributed by atoms with Crippen LogP contribution in [0.15, 0.2) is 29.4 Å². The Labute approximate surface area is 174 Å². The van der Waals surface area contributed by atoms with E-state index < -0.39 is 0 Å². The van der Waals surface area contributed by atoms with E-state index in [2.05, 4.69) is 15.5 Å². The lowest BCUT2D eigenvalue weighted by Gasteiger charge is -2.16. The van der Waals surface area contributed by atoms with Crippen LogP contribution in [0.1, 0.15) is 19.8 Å². The first-order valence-corrected chi connectivity index (χ1v) is 10.6. The fourth-order valence-electron chi connectivity index (χ4n) is 2.98. The minimum absolute atomic E-state index is 0.0539. The number of carbonyl (C=O) groups is 1. The van der Waals surface area contributed by atoms with Gasteiger partial charge >= 0.3 is 0 Å². The molecular formula is C19H25ClN4O3S. The quantitative estimate of drug-likeness (QED) is 0.492. The number of hydrogen-bond donors (Lipinski definition) is 1. The first-order chi connectivity index (χ1) is 13.6. The maximum atomic E-state index is 12.3. The fraction of sp³-hybridized carbons (Fsp3) is 0.526. The second kappa shape index (κ2) is 10.2. The smallest absolute Gasteiger partial charge is 0.233 e. The molecule has 0 bridgehead atoms. The summed E-state index contributed by atoms with van der Waals surface area (Å²) in [6.07, 6.45) is 2.20. The summed E-state index contributed by atoms with van der Waals surface area (Å²) in [5.41, 5.74) is 0.930. The molecule has 1 saturated heterocycles. The van der Waals surface area contributed by atoms with Gasteiger partial charge in [0.1, 0.15) is 0 Å². The molecule has 1 N–H and O–H groups in total. The van der Waals surface area contributed by atoms with E-state index in [1.807, 2.05) is 35.8 Å². The highest BCUT2D eigenvalue weighted by Crippen LogP contribution is 2.29. The molecule has 1 aromatic carbocycles. The van der Waals surface area contributed by atoms with Crippen molar-refractivity contribution in [3.05, 3.63) is 29.3 Å². The Hall–Kier alpha value is -1.61. The third-order valence-electron chi connectivity index (χ3n) is 4.49. The molecule has 0 unspecified atom stereocenters. The minimum Gasteiger partial charge on any atom is -0.383 e. The summed E-state index contributed by atoms with van der Waals surface area (Å²) in [4.78, 5) is 12.3. The number of carbonyl (C=O) groups excluding carboxylic acids is 1. The van der Waals surface area contributed by atoms with Gasteiger partial charge in [0, 0.05) is 30.8 Å². The second-order valence-electron chi connectivity index (χ2n) is 6.60. The number of methoxy groups -OCH3 is 1. The predicted molar refractivity (Wildman–Crippen MR) is 110 cm³/mol. The van der Waals surface area contributed by atoms with E-state index in [0.717, 1.165) is 30.8 Å². The monoisotopic (exact) mass is 424 g/mol. The van der Waals surface area contributed by atoms with Crippen LogP contribution < -0.4 is 5.32 Å². The molecule has 0 spiro atoms. The number of amides is 1. The Morgan fingerprint density at radius 1 is 1.43 bits per heavy atom. The minimum atomic E-state index is -0.303. The zero-order chi connectivity index (χ0) is 19.9. The van der Waals surface area contributed by atoms with Crippen LogP contribution in [0.4, 0.5) is 0 Å². The van der Waals surface area contributed by atoms with Crippen molar-refractivity contribution < 1.29 is 14.3 Å². The molecule has 0 aliphatic carbocycles. The number of rotatable bonds is 9. The van der Waals surface area contributed by atoms with Crippen molar-refractivity contribution in [3.63, 3.8) is 0 Å². The maximum Gasteiger partial charge on any atom is 0.233 e. The van der Waals surface area contributed by atoms with Gasteiger partial charge in [0.15, 0.2) is 11.0 Å². The van der Waals surface area contributed by atoms with Crippen molar-refractivity contribution >= 4 is 29.3 Å². The third-order valence-corrected chi connectivity index (χ3v) is 5.82. The lowest BCUT2D eigenvalue weighted by Crippen LogP contribution is -2.33. The van der Waals surface area contributed by atoms with Crippen molar-refractivity contribution in [2.45, 2.75) is 42.8 Å². The Morgan fingerprint density at radius 2 is 2.21 bits per heavy atom. The summed E-state index contributed by atoms with van der Waals surface area (Å²) in [6.45, 7) is 4.27. The molecule has 1 amide bonds. The van der Waals surface area contributed by atoms with Crippen molar-refractivity contribution in [1.82, 2.24) is 20.1 Å². The van der Waals surface area contributed by atoms with Crippen LogP contribution in [0.2, 0.25) is 5.02 Å². The summed E-state index contributed by atoms with van der Waals surface area (Å²) in [6, 6.07) is 7.52. The number of hydrogen-bond acceptors (Lipinski definition) is 6. The SMILES string of the molecule is COCCNC(=O)[C@@H](C)Sc1nnc(-c2ccc(Cl)cc2)n1C[C@@H]1CCCO1. The van der Waals surface area contributed by atoms with E-state index in [9.17, 15) is 4.79 Å². The maximum absolute atomic E-state index is 12.3. The van der Waals surface area contributed by atoms with Gasteiger partial charge in [0.25, 0.3) is 0 Å². The van der Waals surface area contributed by atoms with Crippen LogP contribution in [0.25, 0.3) is 11.4 Å². The van der Waals surface area contributed by atoms with Crippen molar-refractivity contribution in [2.24, 2.45) is 0 Å². The molecule has 1 aromatic heterocycles. The molecule has 2 atom stereocenters. The molecule has 3 rings (SSSR count). The van der Waals surface area contributed by atoms with Crippen LogP contribution in [-0.2, 0) is 20.8 Å². The highest BCUT2D eigenvalue weighted by Gasteiger charge is 2.24.